The first-order valence-corrected chi connectivity index (χ1v) is 18.0. The SMILES string of the molecule is CO[C@]1(C)C[C@@H](C)CN(C)[C@H](CN2CCN(Cc3ccncc3)CC2)COC(=O)C(C)(C)C(=O)[C@H](C)[C@H]1O[C@@H]1O[C@H](C)C[C@H](N(C)C)[C@H]1O. The van der Waals surface area contributed by atoms with Crippen LogP contribution in [0.3, 0.4) is 0 Å². The van der Waals surface area contributed by atoms with Gasteiger partial charge in [-0.1, -0.05) is 13.8 Å². The monoisotopic (exact) mass is 689 g/mol. The molecule has 278 valence electrons. The predicted molar refractivity (Wildman–Crippen MR) is 188 cm³/mol. The summed E-state index contributed by atoms with van der Waals surface area (Å²) in [6.45, 7) is 17.5. The van der Waals surface area contributed by atoms with E-state index < -0.39 is 41.4 Å². The molecule has 4 heterocycles. The Labute approximate surface area is 294 Å². The Balaban J connectivity index is 1.54. The molecule has 0 bridgehead atoms. The summed E-state index contributed by atoms with van der Waals surface area (Å²) in [5.41, 5.74) is -1.10. The fourth-order valence-corrected chi connectivity index (χ4v) is 7.96. The first kappa shape index (κ1) is 39.8. The van der Waals surface area contributed by atoms with E-state index in [1.54, 1.807) is 27.9 Å². The summed E-state index contributed by atoms with van der Waals surface area (Å²) in [7, 11) is 7.58. The van der Waals surface area contributed by atoms with E-state index in [-0.39, 0.29) is 36.5 Å². The smallest absolute Gasteiger partial charge is 0.319 e. The third-order valence-corrected chi connectivity index (χ3v) is 11.1. The van der Waals surface area contributed by atoms with Gasteiger partial charge in [0.05, 0.1) is 23.9 Å². The normalized spacial score (nSPS) is 36.5. The van der Waals surface area contributed by atoms with E-state index in [0.717, 1.165) is 45.8 Å². The molecule has 0 aliphatic carbocycles. The van der Waals surface area contributed by atoms with Crippen molar-refractivity contribution in [3.05, 3.63) is 30.1 Å². The number of esters is 1. The Kier molecular flexibility index (Phi) is 13.8. The number of ether oxygens (including phenoxy) is 4. The summed E-state index contributed by atoms with van der Waals surface area (Å²) < 4.78 is 25.1. The molecule has 0 amide bonds. The second-order valence-electron chi connectivity index (χ2n) is 15.9. The molecular formula is C37H63N5O7. The number of aliphatic hydroxyl groups is 1. The molecule has 1 aromatic rings. The van der Waals surface area contributed by atoms with Gasteiger partial charge < -0.3 is 29.0 Å². The van der Waals surface area contributed by atoms with Crippen LogP contribution in [0, 0.1) is 17.3 Å². The van der Waals surface area contributed by atoms with Gasteiger partial charge in [0, 0.05) is 77.3 Å². The number of methoxy groups -OCH3 is 1. The number of hydrogen-bond donors (Lipinski definition) is 1. The zero-order valence-corrected chi connectivity index (χ0v) is 31.6. The largest absolute Gasteiger partial charge is 0.463 e. The van der Waals surface area contributed by atoms with Crippen molar-refractivity contribution in [1.82, 2.24) is 24.6 Å². The van der Waals surface area contributed by atoms with Crippen molar-refractivity contribution in [3.63, 3.8) is 0 Å². The van der Waals surface area contributed by atoms with Crippen LogP contribution in [0.25, 0.3) is 0 Å². The molecule has 1 aromatic heterocycles. The summed E-state index contributed by atoms with van der Waals surface area (Å²) in [6, 6.07) is 3.89. The van der Waals surface area contributed by atoms with E-state index in [0.29, 0.717) is 12.8 Å². The minimum atomic E-state index is -1.43. The predicted octanol–water partition coefficient (Wildman–Crippen LogP) is 2.53. The van der Waals surface area contributed by atoms with Crippen molar-refractivity contribution in [2.45, 2.75) is 103 Å². The number of hydrogen-bond acceptors (Lipinski definition) is 12. The molecule has 12 heteroatoms. The molecular weight excluding hydrogens is 626 g/mol. The lowest BCUT2D eigenvalue weighted by Crippen LogP contribution is -2.59. The molecule has 4 rings (SSSR count). The third-order valence-electron chi connectivity index (χ3n) is 11.1. The maximum absolute atomic E-state index is 14.3. The van der Waals surface area contributed by atoms with Crippen LogP contribution in [0.4, 0.5) is 0 Å². The zero-order chi connectivity index (χ0) is 36.1. The number of piperazine rings is 1. The van der Waals surface area contributed by atoms with Gasteiger partial charge in [-0.3, -0.25) is 29.3 Å². The van der Waals surface area contributed by atoms with Gasteiger partial charge in [-0.05, 0) is 85.3 Å². The molecule has 0 unspecified atom stereocenters. The molecule has 0 radical (unpaired) electrons. The van der Waals surface area contributed by atoms with Gasteiger partial charge in [0.2, 0.25) is 0 Å². The van der Waals surface area contributed by atoms with Crippen molar-refractivity contribution in [3.8, 4) is 0 Å². The number of cyclic esters (lactones) is 1. The fraction of sp³-hybridized carbons (Fsp3) is 0.811. The summed E-state index contributed by atoms with van der Waals surface area (Å²) in [5.74, 6) is -1.47. The number of Topliss-reactive ketones (excluding diaryl/α,β-unsaturated/α-hetero) is 1. The van der Waals surface area contributed by atoms with Gasteiger partial charge in [0.1, 0.15) is 18.1 Å². The number of ketones is 1. The van der Waals surface area contributed by atoms with Crippen LogP contribution in [0.15, 0.2) is 24.5 Å². The van der Waals surface area contributed by atoms with E-state index in [1.807, 2.05) is 45.2 Å². The number of aliphatic hydroxyl groups excluding tert-OH is 1. The Morgan fingerprint density at radius 1 is 1.04 bits per heavy atom. The second-order valence-corrected chi connectivity index (χ2v) is 15.9. The third kappa shape index (κ3) is 9.85. The van der Waals surface area contributed by atoms with Crippen molar-refractivity contribution < 1.29 is 33.6 Å². The number of nitrogens with zero attached hydrogens (tertiary/aromatic N) is 5. The molecule has 0 aromatic carbocycles. The van der Waals surface area contributed by atoms with Gasteiger partial charge in [-0.15, -0.1) is 0 Å². The van der Waals surface area contributed by atoms with Crippen molar-refractivity contribution in [1.29, 1.82) is 0 Å². The molecule has 0 spiro atoms. The number of likely N-dealkylation sites (N-methyl/N-ethyl adjacent to an activating group) is 2. The average molecular weight is 690 g/mol. The van der Waals surface area contributed by atoms with E-state index in [9.17, 15) is 14.7 Å². The average Bonchev–Trinajstić information content (AvgIpc) is 3.06. The lowest BCUT2D eigenvalue weighted by atomic mass is 9.74. The Morgan fingerprint density at radius 2 is 1.67 bits per heavy atom. The number of rotatable bonds is 8. The van der Waals surface area contributed by atoms with Crippen molar-refractivity contribution >= 4 is 11.8 Å². The molecule has 12 nitrogen and oxygen atoms in total. The van der Waals surface area contributed by atoms with Crippen LogP contribution < -0.4 is 0 Å². The molecule has 49 heavy (non-hydrogen) atoms. The Morgan fingerprint density at radius 3 is 2.29 bits per heavy atom. The van der Waals surface area contributed by atoms with Crippen molar-refractivity contribution in [2.75, 3.05) is 74.1 Å². The minimum Gasteiger partial charge on any atom is -0.463 e. The fourth-order valence-electron chi connectivity index (χ4n) is 7.96. The standard InChI is InChI=1S/C37H63N5O7/c1-25-20-37(6,46-10)33(49-34-31(43)30(39(7)8)19-26(2)48-34)27(3)32(44)36(4,5)35(45)47-24-29(40(9)21-25)23-42-17-15-41(16-18-42)22-28-11-13-38-14-12-28/h11-14,25-27,29-31,33-34,43H,15-24H2,1-10H3/t25-,26-,27+,29-,30+,31-,33-,34+,37-/m1/s1. The van der Waals surface area contributed by atoms with Crippen LogP contribution >= 0.6 is 0 Å². The van der Waals surface area contributed by atoms with Crippen LogP contribution in [0.1, 0.15) is 59.9 Å². The van der Waals surface area contributed by atoms with Crippen LogP contribution in [0.2, 0.25) is 0 Å². The maximum Gasteiger partial charge on any atom is 0.319 e. The first-order valence-electron chi connectivity index (χ1n) is 18.0. The quantitative estimate of drug-likeness (QED) is 0.320. The maximum atomic E-state index is 14.3. The van der Waals surface area contributed by atoms with E-state index >= 15 is 0 Å². The number of aromatic nitrogens is 1. The number of carbonyl (C=O) groups is 2. The molecule has 9 atom stereocenters. The Bertz CT molecular complexity index is 1210. The van der Waals surface area contributed by atoms with Gasteiger partial charge in [0.25, 0.3) is 0 Å². The first-order chi connectivity index (χ1) is 23.0. The van der Waals surface area contributed by atoms with E-state index in [2.05, 4.69) is 45.8 Å². The minimum absolute atomic E-state index is 0.0571. The highest BCUT2D eigenvalue weighted by Gasteiger charge is 2.51. The lowest BCUT2D eigenvalue weighted by molar-refractivity contribution is -0.295. The second kappa shape index (κ2) is 17.0. The van der Waals surface area contributed by atoms with Gasteiger partial charge in [0.15, 0.2) is 12.1 Å². The zero-order valence-electron chi connectivity index (χ0n) is 31.6. The number of pyridine rings is 1. The van der Waals surface area contributed by atoms with E-state index in [1.165, 1.54) is 5.56 Å². The molecule has 3 aliphatic heterocycles. The molecule has 3 saturated heterocycles. The Hall–Kier alpha value is -2.03. The van der Waals surface area contributed by atoms with Gasteiger partial charge in [-0.25, -0.2) is 0 Å². The molecule has 3 aliphatic rings. The van der Waals surface area contributed by atoms with Gasteiger partial charge in [-0.2, -0.15) is 0 Å². The van der Waals surface area contributed by atoms with Gasteiger partial charge >= 0.3 is 5.97 Å². The summed E-state index contributed by atoms with van der Waals surface area (Å²) >= 11 is 0. The van der Waals surface area contributed by atoms with Crippen LogP contribution in [-0.2, 0) is 35.1 Å². The van der Waals surface area contributed by atoms with Crippen molar-refractivity contribution in [2.24, 2.45) is 17.3 Å². The highest BCUT2D eigenvalue weighted by molar-refractivity contribution is 6.04. The highest BCUT2D eigenvalue weighted by Crippen LogP contribution is 2.38. The molecule has 0 saturated carbocycles. The summed E-state index contributed by atoms with van der Waals surface area (Å²) in [6.07, 6.45) is 2.05. The summed E-state index contributed by atoms with van der Waals surface area (Å²) in [5, 5.41) is 11.4. The molecule has 1 N–H and O–H groups in total. The highest BCUT2D eigenvalue weighted by atomic mass is 16.7. The topological polar surface area (TPSA) is 117 Å². The molecule has 3 fully saturated rings. The van der Waals surface area contributed by atoms with Crippen LogP contribution in [0.5, 0.6) is 0 Å². The summed E-state index contributed by atoms with van der Waals surface area (Å²) in [4.78, 5) is 41.3. The lowest BCUT2D eigenvalue weighted by Gasteiger charge is -2.47. The number of carbonyl (C=O) groups excluding carboxylic acids is 2. The van der Waals surface area contributed by atoms with Crippen LogP contribution in [-0.4, -0.2) is 158 Å². The van der Waals surface area contributed by atoms with E-state index in [4.69, 9.17) is 18.9 Å².